The van der Waals surface area contributed by atoms with E-state index in [4.69, 9.17) is 4.42 Å². The number of fused-ring (bicyclic) bond motifs is 10. The topological polar surface area (TPSA) is 21.3 Å². The molecule has 0 N–H and O–H groups in total. The van der Waals surface area contributed by atoms with E-state index in [0.29, 0.717) is 0 Å². The Hall–Kier alpha value is -6.32. The van der Waals surface area contributed by atoms with Gasteiger partial charge in [-0.15, -0.1) is 0 Å². The van der Waals surface area contributed by atoms with Crippen molar-refractivity contribution in [3.05, 3.63) is 170 Å². The number of furan rings is 1. The molecule has 220 valence electrons. The molecule has 0 saturated heterocycles. The van der Waals surface area contributed by atoms with E-state index in [2.05, 4.69) is 179 Å². The number of nitrogens with zero attached hydrogens (tertiary/aromatic N) is 2. The molecule has 0 aliphatic rings. The first-order valence-electron chi connectivity index (χ1n) is 16.0. The molecule has 0 aliphatic carbocycles. The van der Waals surface area contributed by atoms with Crippen LogP contribution in [0.1, 0.15) is 0 Å². The average molecular weight is 601 g/mol. The lowest BCUT2D eigenvalue weighted by molar-refractivity contribution is 0.669. The number of hydrogen-bond donors (Lipinski definition) is 0. The Morgan fingerprint density at radius 3 is 1.94 bits per heavy atom. The Morgan fingerprint density at radius 1 is 0.426 bits per heavy atom. The van der Waals surface area contributed by atoms with Crippen LogP contribution in [-0.2, 0) is 0 Å². The summed E-state index contributed by atoms with van der Waals surface area (Å²) in [6.45, 7) is 0. The number of anilines is 3. The number of benzene rings is 8. The molecule has 2 heterocycles. The third-order valence-corrected chi connectivity index (χ3v) is 9.53. The van der Waals surface area contributed by atoms with Crippen molar-refractivity contribution in [2.75, 3.05) is 4.90 Å². The lowest BCUT2D eigenvalue weighted by Gasteiger charge is -2.26. The fraction of sp³-hybridized carbons (Fsp3) is 0. The SMILES string of the molecule is c1ccc(N(c2ccc3oc4ccc5ccccc5c4c3c2)c2cccc3c2c2ccc4ccccc4c2n3-c2ccccc2)cc1. The molecule has 0 unspecified atom stereocenters. The minimum atomic E-state index is 0.887. The predicted molar refractivity (Wildman–Crippen MR) is 198 cm³/mol. The Kier molecular flexibility index (Phi) is 5.57. The summed E-state index contributed by atoms with van der Waals surface area (Å²) in [4.78, 5) is 2.40. The highest BCUT2D eigenvalue weighted by atomic mass is 16.3. The molecule has 0 bridgehead atoms. The van der Waals surface area contributed by atoms with Gasteiger partial charge in [-0.2, -0.15) is 0 Å². The van der Waals surface area contributed by atoms with Gasteiger partial charge in [-0.3, -0.25) is 0 Å². The van der Waals surface area contributed by atoms with Gasteiger partial charge in [0.25, 0.3) is 0 Å². The van der Waals surface area contributed by atoms with Gasteiger partial charge in [0.2, 0.25) is 0 Å². The monoisotopic (exact) mass is 600 g/mol. The van der Waals surface area contributed by atoms with Gasteiger partial charge in [-0.1, -0.05) is 109 Å². The molecule has 0 spiro atoms. The summed E-state index contributed by atoms with van der Waals surface area (Å²) in [7, 11) is 0. The zero-order valence-corrected chi connectivity index (χ0v) is 25.5. The van der Waals surface area contributed by atoms with Crippen molar-refractivity contribution in [3.8, 4) is 5.69 Å². The van der Waals surface area contributed by atoms with Crippen molar-refractivity contribution in [3.63, 3.8) is 0 Å². The summed E-state index contributed by atoms with van der Waals surface area (Å²) >= 11 is 0. The first kappa shape index (κ1) is 26.0. The van der Waals surface area contributed by atoms with Crippen molar-refractivity contribution < 1.29 is 4.42 Å². The van der Waals surface area contributed by atoms with Crippen LogP contribution in [0.25, 0.3) is 71.0 Å². The van der Waals surface area contributed by atoms with Crippen LogP contribution in [0.15, 0.2) is 174 Å². The minimum absolute atomic E-state index is 0.887. The molecule has 0 atom stereocenters. The molecular formula is C44H28N2O. The van der Waals surface area contributed by atoms with Crippen molar-refractivity contribution in [1.82, 2.24) is 4.57 Å². The fourth-order valence-corrected chi connectivity index (χ4v) is 7.52. The summed E-state index contributed by atoms with van der Waals surface area (Å²) in [5.74, 6) is 0. The Labute approximate surface area is 271 Å². The van der Waals surface area contributed by atoms with Crippen molar-refractivity contribution >= 4 is 82.4 Å². The van der Waals surface area contributed by atoms with E-state index in [-0.39, 0.29) is 0 Å². The van der Waals surface area contributed by atoms with E-state index in [1.54, 1.807) is 0 Å². The number of hydrogen-bond acceptors (Lipinski definition) is 2. The molecule has 3 heteroatoms. The van der Waals surface area contributed by atoms with E-state index in [0.717, 1.165) is 44.7 Å². The van der Waals surface area contributed by atoms with E-state index < -0.39 is 0 Å². The summed E-state index contributed by atoms with van der Waals surface area (Å²) in [6, 6.07) is 60.7. The molecule has 0 fully saturated rings. The van der Waals surface area contributed by atoms with E-state index >= 15 is 0 Å². The van der Waals surface area contributed by atoms with E-state index in [9.17, 15) is 0 Å². The highest BCUT2D eigenvalue weighted by Crippen LogP contribution is 2.46. The zero-order chi connectivity index (χ0) is 30.9. The summed E-state index contributed by atoms with van der Waals surface area (Å²) in [5.41, 5.74) is 8.62. The second kappa shape index (κ2) is 10.1. The summed E-state index contributed by atoms with van der Waals surface area (Å²) in [6.07, 6.45) is 0. The Morgan fingerprint density at radius 2 is 1.11 bits per heavy atom. The van der Waals surface area contributed by atoms with Crippen molar-refractivity contribution in [2.45, 2.75) is 0 Å². The number of rotatable bonds is 4. The van der Waals surface area contributed by atoms with Gasteiger partial charge >= 0.3 is 0 Å². The molecule has 0 saturated carbocycles. The van der Waals surface area contributed by atoms with Crippen LogP contribution in [0.4, 0.5) is 17.1 Å². The van der Waals surface area contributed by atoms with Gasteiger partial charge in [-0.25, -0.2) is 0 Å². The van der Waals surface area contributed by atoms with Crippen LogP contribution in [0.2, 0.25) is 0 Å². The maximum absolute atomic E-state index is 6.41. The summed E-state index contributed by atoms with van der Waals surface area (Å²) in [5, 5.41) is 9.57. The first-order chi connectivity index (χ1) is 23.3. The Balaban J connectivity index is 1.32. The fourth-order valence-electron chi connectivity index (χ4n) is 7.52. The molecule has 2 aromatic heterocycles. The number of aromatic nitrogens is 1. The first-order valence-corrected chi connectivity index (χ1v) is 16.0. The van der Waals surface area contributed by atoms with Crippen molar-refractivity contribution in [1.29, 1.82) is 0 Å². The summed E-state index contributed by atoms with van der Waals surface area (Å²) < 4.78 is 8.84. The molecule has 3 nitrogen and oxygen atoms in total. The average Bonchev–Trinajstić information content (AvgIpc) is 3.69. The normalized spacial score (nSPS) is 11.8. The zero-order valence-electron chi connectivity index (χ0n) is 25.5. The van der Waals surface area contributed by atoms with Crippen LogP contribution in [0.5, 0.6) is 0 Å². The largest absolute Gasteiger partial charge is 0.456 e. The van der Waals surface area contributed by atoms with Gasteiger partial charge in [0, 0.05) is 44.0 Å². The van der Waals surface area contributed by atoms with Crippen LogP contribution in [0, 0.1) is 0 Å². The molecule has 0 aliphatic heterocycles. The van der Waals surface area contributed by atoms with Gasteiger partial charge in [0.1, 0.15) is 11.2 Å². The minimum Gasteiger partial charge on any atom is -0.456 e. The van der Waals surface area contributed by atoms with Crippen LogP contribution >= 0.6 is 0 Å². The highest BCUT2D eigenvalue weighted by Gasteiger charge is 2.23. The molecular weight excluding hydrogens is 572 g/mol. The van der Waals surface area contributed by atoms with Crippen LogP contribution < -0.4 is 4.90 Å². The molecule has 47 heavy (non-hydrogen) atoms. The standard InChI is InChI=1S/C44H28N2O/c1-3-14-31(15-4-1)45(33-24-27-40-37(28-33)42-34-18-9-7-12-29(34)23-26-41(42)47-40)38-20-11-21-39-43(38)36-25-22-30-13-8-10-19-35(30)44(36)46(39)32-16-5-2-6-17-32/h1-28H. The molecule has 10 aromatic rings. The maximum atomic E-state index is 6.41. The Bertz CT molecular complexity index is 2790. The molecule has 0 radical (unpaired) electrons. The van der Waals surface area contributed by atoms with E-state index in [1.807, 2.05) is 0 Å². The highest BCUT2D eigenvalue weighted by molar-refractivity contribution is 6.23. The van der Waals surface area contributed by atoms with Gasteiger partial charge < -0.3 is 13.9 Å². The maximum Gasteiger partial charge on any atom is 0.136 e. The van der Waals surface area contributed by atoms with Crippen LogP contribution in [-0.4, -0.2) is 4.57 Å². The van der Waals surface area contributed by atoms with Crippen molar-refractivity contribution in [2.24, 2.45) is 0 Å². The molecule has 0 amide bonds. The number of para-hydroxylation sites is 2. The van der Waals surface area contributed by atoms with Crippen LogP contribution in [0.3, 0.4) is 0 Å². The third-order valence-electron chi connectivity index (χ3n) is 9.53. The quantitative estimate of drug-likeness (QED) is 0.200. The molecule has 8 aromatic carbocycles. The van der Waals surface area contributed by atoms with Gasteiger partial charge in [-0.05, 0) is 76.8 Å². The smallest absolute Gasteiger partial charge is 0.136 e. The second-order valence-electron chi connectivity index (χ2n) is 12.1. The lowest BCUT2D eigenvalue weighted by Crippen LogP contribution is -2.10. The lowest BCUT2D eigenvalue weighted by atomic mass is 10.0. The molecule has 10 rings (SSSR count). The predicted octanol–water partition coefficient (Wildman–Crippen LogP) is 12.5. The third kappa shape index (κ3) is 3.87. The van der Waals surface area contributed by atoms with E-state index in [1.165, 1.54) is 43.4 Å². The van der Waals surface area contributed by atoms with Gasteiger partial charge in [0.05, 0.1) is 16.7 Å². The second-order valence-corrected chi connectivity index (χ2v) is 12.1. The van der Waals surface area contributed by atoms with Gasteiger partial charge in [0.15, 0.2) is 0 Å².